The highest BCUT2D eigenvalue weighted by molar-refractivity contribution is 6.30. The topological polar surface area (TPSA) is 55.1 Å². The van der Waals surface area contributed by atoms with E-state index in [0.29, 0.717) is 35.7 Å². The van der Waals surface area contributed by atoms with E-state index in [9.17, 15) is 17.6 Å². The Morgan fingerprint density at radius 3 is 2.55 bits per heavy atom. The summed E-state index contributed by atoms with van der Waals surface area (Å²) in [6, 6.07) is 4.00. The van der Waals surface area contributed by atoms with E-state index < -0.39 is 29.1 Å². The molecule has 1 N–H and O–H groups in total. The van der Waals surface area contributed by atoms with Gasteiger partial charge in [0.1, 0.15) is 22.6 Å². The van der Waals surface area contributed by atoms with Crippen molar-refractivity contribution in [2.45, 2.75) is 44.4 Å². The monoisotopic (exact) mass is 449 g/mol. The molecule has 2 aromatic heterocycles. The molecule has 0 amide bonds. The smallest absolute Gasteiger partial charge is 0.363 e. The van der Waals surface area contributed by atoms with Crippen LogP contribution in [-0.4, -0.2) is 15.0 Å². The number of hydrogen-bond acceptors (Lipinski definition) is 4. The molecule has 1 aliphatic rings. The quantitative estimate of drug-likeness (QED) is 0.291. The van der Waals surface area contributed by atoms with E-state index in [-0.39, 0.29) is 22.2 Å². The maximum atomic E-state index is 14.6. The third-order valence-corrected chi connectivity index (χ3v) is 5.63. The molecule has 1 atom stereocenters. The molecule has 0 unspecified atom stereocenters. The molecular weight excluding hydrogens is 434 g/mol. The number of aromatic nitrogens is 3. The van der Waals surface area contributed by atoms with E-state index in [2.05, 4.69) is 25.1 Å². The average molecular weight is 450 g/mol. The van der Waals surface area contributed by atoms with Crippen molar-refractivity contribution in [3.8, 4) is 0 Å². The molecule has 2 heterocycles. The van der Waals surface area contributed by atoms with Gasteiger partial charge in [-0.3, -0.25) is 0 Å². The first-order chi connectivity index (χ1) is 14.6. The number of halogens is 5. The van der Waals surface area contributed by atoms with Crippen LogP contribution in [0.4, 0.5) is 23.4 Å². The summed E-state index contributed by atoms with van der Waals surface area (Å²) in [4.78, 5) is 16.6. The molecule has 10 heteroatoms. The largest absolute Gasteiger partial charge is 0.419 e. The highest BCUT2D eigenvalue weighted by atomic mass is 35.5. The average Bonchev–Trinajstić information content (AvgIpc) is 3.47. The van der Waals surface area contributed by atoms with Crippen molar-refractivity contribution in [3.05, 3.63) is 69.2 Å². The summed E-state index contributed by atoms with van der Waals surface area (Å²) < 4.78 is 53.8. The molecule has 0 saturated heterocycles. The van der Waals surface area contributed by atoms with E-state index in [1.807, 2.05) is 0 Å². The maximum absolute atomic E-state index is 14.6. The minimum absolute atomic E-state index is 0.152. The third-order valence-electron chi connectivity index (χ3n) is 5.35. The zero-order chi connectivity index (χ0) is 22.6. The molecule has 0 radical (unpaired) electrons. The van der Waals surface area contributed by atoms with E-state index in [1.54, 1.807) is 13.0 Å². The van der Waals surface area contributed by atoms with Crippen molar-refractivity contribution in [2.24, 2.45) is 0 Å². The van der Waals surface area contributed by atoms with Gasteiger partial charge in [-0.2, -0.15) is 13.2 Å². The molecule has 1 fully saturated rings. The van der Waals surface area contributed by atoms with Gasteiger partial charge in [-0.05, 0) is 26.0 Å². The van der Waals surface area contributed by atoms with Crippen LogP contribution >= 0.6 is 11.6 Å². The zero-order valence-electron chi connectivity index (χ0n) is 16.5. The van der Waals surface area contributed by atoms with Gasteiger partial charge >= 0.3 is 6.18 Å². The number of benzene rings is 1. The zero-order valence-corrected chi connectivity index (χ0v) is 17.2. The first kappa shape index (κ1) is 21.2. The molecule has 3 aromatic rings. The van der Waals surface area contributed by atoms with Gasteiger partial charge in [0.05, 0.1) is 22.6 Å². The number of alkyl halides is 3. The van der Waals surface area contributed by atoms with Crippen molar-refractivity contribution in [1.82, 2.24) is 15.0 Å². The summed E-state index contributed by atoms with van der Waals surface area (Å²) in [5.41, 5.74) is -1.36. The Morgan fingerprint density at radius 1 is 1.23 bits per heavy atom. The first-order valence-corrected chi connectivity index (χ1v) is 9.79. The molecule has 4 rings (SSSR count). The maximum Gasteiger partial charge on any atom is 0.419 e. The van der Waals surface area contributed by atoms with Crippen LogP contribution < -0.4 is 5.32 Å². The Balaban J connectivity index is 1.79. The minimum atomic E-state index is -4.80. The Hall–Kier alpha value is -2.99. The molecule has 31 heavy (non-hydrogen) atoms. The number of nitrogens with zero attached hydrogens (tertiary/aromatic N) is 4. The number of hydrogen-bond donors (Lipinski definition) is 1. The molecular formula is C21H16ClF4N5. The lowest BCUT2D eigenvalue weighted by Gasteiger charge is -2.19. The van der Waals surface area contributed by atoms with Crippen molar-refractivity contribution < 1.29 is 17.6 Å². The molecule has 0 spiro atoms. The Morgan fingerprint density at radius 2 is 1.94 bits per heavy atom. The van der Waals surface area contributed by atoms with Crippen LogP contribution in [0.15, 0.2) is 24.3 Å². The van der Waals surface area contributed by atoms with Gasteiger partial charge in [0.2, 0.25) is 0 Å². The van der Waals surface area contributed by atoms with Gasteiger partial charge in [-0.15, -0.1) is 0 Å². The highest BCUT2D eigenvalue weighted by Gasteiger charge is 2.54. The lowest BCUT2D eigenvalue weighted by atomic mass is 10.0. The van der Waals surface area contributed by atoms with E-state index in [0.717, 1.165) is 6.07 Å². The van der Waals surface area contributed by atoms with Crippen molar-refractivity contribution >= 4 is 28.5 Å². The van der Waals surface area contributed by atoms with Crippen LogP contribution in [0.2, 0.25) is 5.15 Å². The second-order valence-corrected chi connectivity index (χ2v) is 7.89. The first-order valence-electron chi connectivity index (χ1n) is 9.42. The SMILES string of the molecule is [C-]#[N+]C1(c2cc3c(N[C@H](C)c4cccc(C(F)(F)F)c4F)nc(C)nc3nc2Cl)CC1. The highest BCUT2D eigenvalue weighted by Crippen LogP contribution is 2.52. The van der Waals surface area contributed by atoms with Crippen LogP contribution in [0.5, 0.6) is 0 Å². The van der Waals surface area contributed by atoms with Gasteiger partial charge in [-0.1, -0.05) is 23.7 Å². The number of aryl methyl sites for hydroxylation is 1. The van der Waals surface area contributed by atoms with Crippen molar-refractivity contribution in [2.75, 3.05) is 5.32 Å². The number of pyridine rings is 1. The van der Waals surface area contributed by atoms with Gasteiger partial charge in [0.15, 0.2) is 5.65 Å². The molecule has 0 aliphatic heterocycles. The number of nitrogens with one attached hydrogen (secondary N) is 1. The summed E-state index contributed by atoms with van der Waals surface area (Å²) in [7, 11) is 0. The van der Waals surface area contributed by atoms with Gasteiger partial charge in [0, 0.05) is 18.4 Å². The fourth-order valence-corrected chi connectivity index (χ4v) is 3.83. The second kappa shape index (κ2) is 7.31. The summed E-state index contributed by atoms with van der Waals surface area (Å²) in [5.74, 6) is -0.704. The summed E-state index contributed by atoms with van der Waals surface area (Å²) in [6.07, 6.45) is -3.48. The Bertz CT molecular complexity index is 1230. The summed E-state index contributed by atoms with van der Waals surface area (Å²) >= 11 is 6.30. The van der Waals surface area contributed by atoms with Crippen LogP contribution in [0.1, 0.15) is 48.3 Å². The van der Waals surface area contributed by atoms with Crippen LogP contribution in [-0.2, 0) is 11.7 Å². The number of anilines is 1. The fourth-order valence-electron chi connectivity index (χ4n) is 3.52. The Labute approximate surface area is 180 Å². The van der Waals surface area contributed by atoms with Crippen LogP contribution in [0, 0.1) is 19.3 Å². The van der Waals surface area contributed by atoms with Crippen molar-refractivity contribution in [3.63, 3.8) is 0 Å². The number of rotatable bonds is 4. The Kier molecular flexibility index (Phi) is 5.01. The van der Waals surface area contributed by atoms with E-state index in [1.165, 1.54) is 13.0 Å². The van der Waals surface area contributed by atoms with E-state index in [4.69, 9.17) is 18.2 Å². The van der Waals surface area contributed by atoms with Gasteiger partial charge < -0.3 is 10.2 Å². The van der Waals surface area contributed by atoms with Gasteiger partial charge in [-0.25, -0.2) is 25.9 Å². The normalized spacial score (nSPS) is 16.1. The molecule has 160 valence electrons. The lowest BCUT2D eigenvalue weighted by Crippen LogP contribution is -2.15. The molecule has 5 nitrogen and oxygen atoms in total. The fraction of sp³-hybridized carbons (Fsp3) is 0.333. The molecule has 1 aromatic carbocycles. The van der Waals surface area contributed by atoms with Crippen molar-refractivity contribution in [1.29, 1.82) is 0 Å². The second-order valence-electron chi connectivity index (χ2n) is 7.53. The minimum Gasteiger partial charge on any atom is -0.363 e. The molecule has 0 bridgehead atoms. The van der Waals surface area contributed by atoms with Gasteiger partial charge in [0.25, 0.3) is 5.54 Å². The number of fused-ring (bicyclic) bond motifs is 1. The molecule has 1 aliphatic carbocycles. The summed E-state index contributed by atoms with van der Waals surface area (Å²) in [6.45, 7) is 10.6. The summed E-state index contributed by atoms with van der Waals surface area (Å²) in [5, 5.41) is 3.62. The molecule has 1 saturated carbocycles. The van der Waals surface area contributed by atoms with Crippen LogP contribution in [0.25, 0.3) is 15.9 Å². The van der Waals surface area contributed by atoms with E-state index >= 15 is 0 Å². The standard InChI is InChI=1S/C21H16ClF4N5/c1-10(12-5-4-6-14(16(12)23)21(24,25)26)28-18-13-9-15(20(27-3)7-8-20)17(22)31-19(13)30-11(2)29-18/h4-6,9-10H,7-8H2,1-2H3,(H,28,29,30,31)/t10-/m1/s1. The third kappa shape index (κ3) is 3.76. The predicted octanol–water partition coefficient (Wildman–Crippen LogP) is 6.23. The van der Waals surface area contributed by atoms with Crippen LogP contribution in [0.3, 0.4) is 0 Å². The predicted molar refractivity (Wildman–Crippen MR) is 108 cm³/mol. The lowest BCUT2D eigenvalue weighted by molar-refractivity contribution is -0.140.